The molecule has 8 N–H and O–H groups in total. The number of hydrogen-bond donors (Lipinski definition) is 8. The molecule has 4 aromatic carbocycles. The summed E-state index contributed by atoms with van der Waals surface area (Å²) in [4.78, 5) is 15.4. The molecule has 1 aliphatic rings. The van der Waals surface area contributed by atoms with E-state index in [1.165, 1.54) is 0 Å². The lowest BCUT2D eigenvalue weighted by atomic mass is 9.76. The number of aromatic hydroxyl groups is 4. The van der Waals surface area contributed by atoms with Crippen molar-refractivity contribution in [2.75, 3.05) is 0 Å². The van der Waals surface area contributed by atoms with Gasteiger partial charge in [0, 0.05) is 45.6 Å². The van der Waals surface area contributed by atoms with Gasteiger partial charge in [-0.25, -0.2) is 0 Å². The van der Waals surface area contributed by atoms with Crippen LogP contribution >= 0.6 is 0 Å². The van der Waals surface area contributed by atoms with Crippen LogP contribution in [0.3, 0.4) is 0 Å². The Hall–Kier alpha value is -6.80. The van der Waals surface area contributed by atoms with Gasteiger partial charge in [-0.1, -0.05) is 48.5 Å². The van der Waals surface area contributed by atoms with Crippen molar-refractivity contribution in [2.24, 2.45) is 0 Å². The van der Waals surface area contributed by atoms with Gasteiger partial charge >= 0.3 is 0 Å². The smallest absolute Gasteiger partial charge is 0.115 e. The van der Waals surface area contributed by atoms with Crippen LogP contribution < -0.4 is 0 Å². The van der Waals surface area contributed by atoms with Gasteiger partial charge in [0.05, 0.1) is 21.7 Å². The SMILES string of the molecule is C[C@]1(c2cccc(O)c2)c2ccc([nH]2)[C@@](C)(c2cccc(O)c2)c2ccc([nH]2)[C@@](C)(c2cccc(O)c2)c2ccc([nH]2)[C@@](C)(c2cccc(O)c2)c2ccc1[nH]2. The van der Waals surface area contributed by atoms with E-state index in [0.717, 1.165) is 67.8 Å². The molecule has 56 heavy (non-hydrogen) atoms. The second kappa shape index (κ2) is 12.4. The predicted molar refractivity (Wildman–Crippen MR) is 218 cm³/mol. The van der Waals surface area contributed by atoms with E-state index in [1.807, 2.05) is 48.5 Å². The third-order valence-corrected chi connectivity index (χ3v) is 12.7. The molecule has 0 saturated heterocycles. The Balaban J connectivity index is 1.39. The van der Waals surface area contributed by atoms with E-state index in [0.29, 0.717) is 0 Å². The average Bonchev–Trinajstić information content (AvgIpc) is 4.04. The molecule has 8 aromatic rings. The molecule has 0 aliphatic carbocycles. The van der Waals surface area contributed by atoms with Crippen LogP contribution in [-0.2, 0) is 21.7 Å². The van der Waals surface area contributed by atoms with Crippen LogP contribution in [0.5, 0.6) is 23.0 Å². The predicted octanol–water partition coefficient (Wildman–Crippen LogP) is 9.55. The van der Waals surface area contributed by atoms with Gasteiger partial charge < -0.3 is 40.4 Å². The molecule has 8 nitrogen and oxygen atoms in total. The Kier molecular flexibility index (Phi) is 7.71. The van der Waals surface area contributed by atoms with E-state index in [-0.39, 0.29) is 23.0 Å². The van der Waals surface area contributed by atoms with Gasteiger partial charge in [-0.2, -0.15) is 0 Å². The van der Waals surface area contributed by atoms with Gasteiger partial charge in [-0.05, 0) is 147 Å². The van der Waals surface area contributed by atoms with E-state index in [2.05, 4.69) is 96.2 Å². The molecule has 0 radical (unpaired) electrons. The van der Waals surface area contributed by atoms with Crippen LogP contribution in [0.1, 0.15) is 95.5 Å². The Labute approximate surface area is 325 Å². The number of aromatic amines is 4. The van der Waals surface area contributed by atoms with Crippen molar-refractivity contribution < 1.29 is 20.4 Å². The fourth-order valence-corrected chi connectivity index (χ4v) is 9.01. The van der Waals surface area contributed by atoms with E-state index in [9.17, 15) is 20.4 Å². The lowest BCUT2D eigenvalue weighted by Crippen LogP contribution is -2.32. The third kappa shape index (κ3) is 5.05. The minimum atomic E-state index is -0.804. The first-order valence-electron chi connectivity index (χ1n) is 18.8. The fourth-order valence-electron chi connectivity index (χ4n) is 9.01. The van der Waals surface area contributed by atoms with Crippen LogP contribution in [-0.4, -0.2) is 40.4 Å². The molecular formula is C48H44N4O4. The summed E-state index contributed by atoms with van der Waals surface area (Å²) < 4.78 is 0. The molecule has 280 valence electrons. The minimum Gasteiger partial charge on any atom is -0.508 e. The van der Waals surface area contributed by atoms with Crippen LogP contribution in [0.4, 0.5) is 0 Å². The van der Waals surface area contributed by atoms with E-state index >= 15 is 0 Å². The molecule has 8 heteroatoms. The normalized spacial score (nSPS) is 23.2. The maximum absolute atomic E-state index is 10.8. The zero-order chi connectivity index (χ0) is 39.0. The van der Waals surface area contributed by atoms with Crippen molar-refractivity contribution >= 4 is 0 Å². The van der Waals surface area contributed by atoms with E-state index < -0.39 is 21.7 Å². The number of nitrogens with one attached hydrogen (secondary N) is 4. The van der Waals surface area contributed by atoms with Crippen molar-refractivity contribution in [1.29, 1.82) is 0 Å². The second-order valence-corrected chi connectivity index (χ2v) is 15.8. The average molecular weight is 741 g/mol. The maximum atomic E-state index is 10.8. The number of hydrogen-bond acceptors (Lipinski definition) is 4. The molecular weight excluding hydrogens is 697 g/mol. The molecule has 0 amide bonds. The van der Waals surface area contributed by atoms with Crippen molar-refractivity contribution in [2.45, 2.75) is 49.4 Å². The van der Waals surface area contributed by atoms with E-state index in [1.54, 1.807) is 48.5 Å². The van der Waals surface area contributed by atoms with E-state index in [4.69, 9.17) is 0 Å². The van der Waals surface area contributed by atoms with Gasteiger partial charge in [-0.3, -0.25) is 0 Å². The first-order valence-corrected chi connectivity index (χ1v) is 18.8. The summed E-state index contributed by atoms with van der Waals surface area (Å²) in [5.41, 5.74) is 7.43. The van der Waals surface area contributed by atoms with Gasteiger partial charge in [0.15, 0.2) is 0 Å². The fraction of sp³-hybridized carbons (Fsp3) is 0.167. The first-order chi connectivity index (χ1) is 26.8. The lowest BCUT2D eigenvalue weighted by molar-refractivity contribution is 0.472. The molecule has 4 aromatic heterocycles. The summed E-state index contributed by atoms with van der Waals surface area (Å²) in [5.74, 6) is 0.653. The molecule has 9 rings (SSSR count). The third-order valence-electron chi connectivity index (χ3n) is 12.7. The summed E-state index contributed by atoms with van der Waals surface area (Å²) in [6, 6.07) is 46.3. The number of phenolic OH excluding ortho intramolecular Hbond substituents is 4. The summed E-state index contributed by atoms with van der Waals surface area (Å²) >= 11 is 0. The minimum absolute atomic E-state index is 0.163. The zero-order valence-corrected chi connectivity index (χ0v) is 31.6. The van der Waals surface area contributed by atoms with Crippen LogP contribution in [0.25, 0.3) is 0 Å². The number of phenols is 4. The molecule has 0 fully saturated rings. The highest BCUT2D eigenvalue weighted by Crippen LogP contribution is 2.48. The molecule has 8 bridgehead atoms. The summed E-state index contributed by atoms with van der Waals surface area (Å²) in [6.45, 7) is 8.59. The number of benzene rings is 4. The van der Waals surface area contributed by atoms with Crippen LogP contribution in [0.15, 0.2) is 146 Å². The first kappa shape index (κ1) is 34.9. The molecule has 1 aliphatic heterocycles. The molecule has 0 spiro atoms. The zero-order valence-electron chi connectivity index (χ0n) is 31.6. The summed E-state index contributed by atoms with van der Waals surface area (Å²) in [6.07, 6.45) is 0. The van der Waals surface area contributed by atoms with Crippen molar-refractivity contribution in [3.63, 3.8) is 0 Å². The second-order valence-electron chi connectivity index (χ2n) is 15.8. The summed E-state index contributed by atoms with van der Waals surface area (Å²) in [5, 5.41) is 43.3. The highest BCUT2D eigenvalue weighted by molar-refractivity contribution is 5.57. The van der Waals surface area contributed by atoms with Crippen LogP contribution in [0, 0.1) is 0 Å². The number of H-pyrrole nitrogens is 4. The number of fused-ring (bicyclic) bond motifs is 8. The standard InChI is InChI=1S/C48H44N4O4/c1-45(29-9-5-13-33(53)25-29)37-17-19-39(49-37)46(2,30-10-6-14-34(54)26-30)41-21-23-43(51-41)48(4,32-12-8-16-36(56)28-32)44-24-22-42(52-44)47(3,40-20-18-38(45)50-40)31-11-7-15-35(55)27-31/h5-28,49-56H,1-4H3/t45-,46+,47-,48+. The van der Waals surface area contributed by atoms with Gasteiger partial charge in [0.25, 0.3) is 0 Å². The largest absolute Gasteiger partial charge is 0.508 e. The number of aromatic nitrogens is 4. The Morgan fingerprint density at radius 3 is 0.625 bits per heavy atom. The molecule has 0 unspecified atom stereocenters. The van der Waals surface area contributed by atoms with Gasteiger partial charge in [0.1, 0.15) is 23.0 Å². The Morgan fingerprint density at radius 1 is 0.286 bits per heavy atom. The van der Waals surface area contributed by atoms with Gasteiger partial charge in [-0.15, -0.1) is 0 Å². The monoisotopic (exact) mass is 740 g/mol. The lowest BCUT2D eigenvalue weighted by Gasteiger charge is -2.34. The number of rotatable bonds is 4. The summed E-state index contributed by atoms with van der Waals surface area (Å²) in [7, 11) is 0. The van der Waals surface area contributed by atoms with Crippen molar-refractivity contribution in [3.05, 3.63) is 213 Å². The van der Waals surface area contributed by atoms with Crippen molar-refractivity contribution in [3.8, 4) is 23.0 Å². The van der Waals surface area contributed by atoms with Gasteiger partial charge in [0.2, 0.25) is 0 Å². The maximum Gasteiger partial charge on any atom is 0.115 e. The molecule has 0 atom stereocenters. The topological polar surface area (TPSA) is 144 Å². The molecule has 5 heterocycles. The molecule has 0 saturated carbocycles. The highest BCUT2D eigenvalue weighted by Gasteiger charge is 2.44. The Morgan fingerprint density at radius 2 is 0.464 bits per heavy atom. The van der Waals surface area contributed by atoms with Crippen LogP contribution in [0.2, 0.25) is 0 Å². The Bertz CT molecular complexity index is 2300. The quantitative estimate of drug-likeness (QED) is 0.0909. The van der Waals surface area contributed by atoms with Crippen molar-refractivity contribution in [1.82, 2.24) is 19.9 Å². The highest BCUT2D eigenvalue weighted by atomic mass is 16.3.